The first-order valence-corrected chi connectivity index (χ1v) is 24.7. The van der Waals surface area contributed by atoms with Gasteiger partial charge in [0.05, 0.1) is 30.3 Å². The summed E-state index contributed by atoms with van der Waals surface area (Å²) in [4.78, 5) is 63.0. The van der Waals surface area contributed by atoms with Crippen LogP contribution in [0.4, 0.5) is 4.79 Å². The Hall–Kier alpha value is -4.00. The van der Waals surface area contributed by atoms with Crippen LogP contribution in [-0.2, 0) is 38.3 Å². The summed E-state index contributed by atoms with van der Waals surface area (Å²) in [7, 11) is -2.97. The summed E-state index contributed by atoms with van der Waals surface area (Å²) < 4.78 is 51.2. The van der Waals surface area contributed by atoms with Crippen LogP contribution in [0, 0.1) is 18.3 Å². The van der Waals surface area contributed by atoms with E-state index in [4.69, 9.17) is 35.0 Å². The highest BCUT2D eigenvalue weighted by molar-refractivity contribution is 8.14. The molecule has 6 atom stereocenters. The molecule has 1 unspecified atom stereocenters. The molecule has 0 radical (unpaired) electrons. The zero-order valence-electron chi connectivity index (χ0n) is 39.4. The summed E-state index contributed by atoms with van der Waals surface area (Å²) in [5.74, 6) is -0.999. The van der Waals surface area contributed by atoms with Crippen molar-refractivity contribution in [2.45, 2.75) is 162 Å². The van der Waals surface area contributed by atoms with E-state index in [2.05, 4.69) is 16.0 Å². The summed E-state index contributed by atoms with van der Waals surface area (Å²) in [6, 6.07) is 1.19. The zero-order valence-corrected chi connectivity index (χ0v) is 41.8. The van der Waals surface area contributed by atoms with Gasteiger partial charge >= 0.3 is 16.4 Å². The molecule has 1 aromatic carbocycles. The quantitative estimate of drug-likeness (QED) is 0.103. The number of aliphatic imine (C=N–C) groups is 1. The normalized spacial score (nSPS) is 25.0. The van der Waals surface area contributed by atoms with Crippen LogP contribution in [0.1, 0.15) is 119 Å². The Kier molecular flexibility index (Phi) is 15.5. The molecule has 64 heavy (non-hydrogen) atoms. The van der Waals surface area contributed by atoms with Crippen LogP contribution in [0.2, 0.25) is 5.02 Å². The van der Waals surface area contributed by atoms with Crippen LogP contribution < -0.4 is 25.4 Å². The molecule has 2 saturated carbocycles. The van der Waals surface area contributed by atoms with Crippen molar-refractivity contribution in [3.8, 4) is 5.75 Å². The van der Waals surface area contributed by atoms with Crippen molar-refractivity contribution in [3.63, 3.8) is 0 Å². The number of hydrogen-bond donors (Lipinski definition) is 4. The molecule has 4 aliphatic rings. The molecule has 2 aliphatic heterocycles. The van der Waals surface area contributed by atoms with Gasteiger partial charge < -0.3 is 35.1 Å². The van der Waals surface area contributed by atoms with Gasteiger partial charge in [-0.25, -0.2) is 13.7 Å². The largest absolute Gasteiger partial charge is 0.495 e. The number of methoxy groups -OCH3 is 1. The third-order valence-corrected chi connectivity index (χ3v) is 14.2. The molecular formula is C45H67ClN6O10S2. The van der Waals surface area contributed by atoms with Crippen LogP contribution in [-0.4, -0.2) is 109 Å². The topological polar surface area (TPSA) is 203 Å². The van der Waals surface area contributed by atoms with E-state index in [-0.39, 0.29) is 37.4 Å². The Bertz CT molecular complexity index is 2180. The predicted molar refractivity (Wildman–Crippen MR) is 249 cm³/mol. The Morgan fingerprint density at radius 1 is 1.11 bits per heavy atom. The van der Waals surface area contributed by atoms with E-state index < -0.39 is 74.5 Å². The lowest BCUT2D eigenvalue weighted by atomic mass is 9.85. The highest BCUT2D eigenvalue weighted by Gasteiger charge is 2.62. The van der Waals surface area contributed by atoms with Crippen molar-refractivity contribution in [2.24, 2.45) is 16.3 Å². The first kappa shape index (κ1) is 51.0. The first-order valence-electron chi connectivity index (χ1n) is 21.9. The molecule has 16 nitrogen and oxygen atoms in total. The monoisotopic (exact) mass is 950 g/mol. The number of alkyl carbamates (subject to hydrolysis) is 1. The highest BCUT2D eigenvalue weighted by atomic mass is 35.5. The van der Waals surface area contributed by atoms with Crippen LogP contribution >= 0.6 is 23.4 Å². The first-order chi connectivity index (χ1) is 29.6. The van der Waals surface area contributed by atoms with Gasteiger partial charge in [0.2, 0.25) is 11.8 Å². The van der Waals surface area contributed by atoms with E-state index in [1.807, 2.05) is 57.6 Å². The van der Waals surface area contributed by atoms with Gasteiger partial charge in [-0.15, -0.1) is 0 Å². The number of thioether (sulfide) groups is 1. The van der Waals surface area contributed by atoms with Crippen molar-refractivity contribution >= 4 is 68.4 Å². The lowest BCUT2D eigenvalue weighted by molar-refractivity contribution is -0.143. The van der Waals surface area contributed by atoms with Crippen molar-refractivity contribution < 1.29 is 46.0 Å². The minimum Gasteiger partial charge on any atom is -0.495 e. The Morgan fingerprint density at radius 3 is 2.33 bits per heavy atom. The molecule has 2 heterocycles. The van der Waals surface area contributed by atoms with Crippen molar-refractivity contribution in [3.05, 3.63) is 46.0 Å². The van der Waals surface area contributed by atoms with Gasteiger partial charge in [-0.3, -0.25) is 19.4 Å². The van der Waals surface area contributed by atoms with E-state index in [1.165, 1.54) is 12.0 Å². The Morgan fingerprint density at radius 2 is 1.78 bits per heavy atom. The zero-order chi connectivity index (χ0) is 47.7. The number of benzene rings is 1. The number of hydrogen-bond acceptors (Lipinski definition) is 13. The fourth-order valence-corrected chi connectivity index (χ4v) is 10.3. The number of nitrogens with one attached hydrogen (secondary N) is 4. The van der Waals surface area contributed by atoms with E-state index in [0.717, 1.165) is 10.7 Å². The molecule has 4 amide bonds. The number of nitrogens with zero attached hydrogens (tertiary/aromatic N) is 2. The molecule has 0 bridgehead atoms. The summed E-state index contributed by atoms with van der Waals surface area (Å²) in [6.07, 6.45) is 3.91. The Balaban J connectivity index is 1.53. The SMILES string of the molecule is CC=C(/C=C(/O[C@@H]1C[C@@H](C(=O)N[C@]2(C(=O)NS(=O)(=O)OC3(C)CC3)C[C@H]2CC)N(C(=O)[C@@H](NC(=O)OC(C)(C)C)C(C)(C)C)C1)c1ccc(OC)c(Cl)c1C)C1CSC(NC(C)C)=N1. The molecule has 0 spiro atoms. The summed E-state index contributed by atoms with van der Waals surface area (Å²) in [6.45, 7) is 21.7. The molecule has 356 valence electrons. The van der Waals surface area contributed by atoms with E-state index in [1.54, 1.807) is 66.3 Å². The Labute approximate surface area is 388 Å². The smallest absolute Gasteiger partial charge is 0.408 e. The maximum Gasteiger partial charge on any atom is 0.408 e. The average Bonchev–Trinajstić information content (AvgIpc) is 3.94. The fraction of sp³-hybridized carbons (Fsp3) is 0.667. The third kappa shape index (κ3) is 12.5. The fourth-order valence-electron chi connectivity index (χ4n) is 7.81. The molecule has 19 heteroatoms. The molecule has 4 N–H and O–H groups in total. The maximum atomic E-state index is 14.9. The van der Waals surface area contributed by atoms with Crippen LogP contribution in [0.25, 0.3) is 5.76 Å². The number of carbonyl (C=O) groups excluding carboxylic acids is 4. The second-order valence-corrected chi connectivity index (χ2v) is 22.4. The lowest BCUT2D eigenvalue weighted by Gasteiger charge is -2.36. The van der Waals surface area contributed by atoms with Gasteiger partial charge in [-0.05, 0) is 115 Å². The van der Waals surface area contributed by atoms with Gasteiger partial charge in [-0.2, -0.15) is 8.42 Å². The van der Waals surface area contributed by atoms with Crippen molar-refractivity contribution in [1.82, 2.24) is 25.6 Å². The van der Waals surface area contributed by atoms with Crippen LogP contribution in [0.3, 0.4) is 0 Å². The number of amidine groups is 1. The predicted octanol–water partition coefficient (Wildman–Crippen LogP) is 6.55. The maximum absolute atomic E-state index is 14.9. The number of allylic oxidation sites excluding steroid dienone is 1. The number of rotatable bonds is 16. The van der Waals surface area contributed by atoms with Gasteiger partial charge in [-0.1, -0.05) is 63.6 Å². The number of amides is 4. The highest BCUT2D eigenvalue weighted by Crippen LogP contribution is 2.47. The molecule has 1 aromatic rings. The van der Waals surface area contributed by atoms with Crippen LogP contribution in [0.15, 0.2) is 34.9 Å². The molecule has 3 fully saturated rings. The lowest BCUT2D eigenvalue weighted by Crippen LogP contribution is -2.60. The van der Waals surface area contributed by atoms with Crippen LogP contribution in [0.5, 0.6) is 5.75 Å². The molecule has 0 aromatic heterocycles. The number of carbonyl (C=O) groups is 4. The van der Waals surface area contributed by atoms with Gasteiger partial charge in [0.25, 0.3) is 5.91 Å². The number of halogens is 1. The minimum atomic E-state index is -4.50. The van der Waals surface area contributed by atoms with Gasteiger partial charge in [0, 0.05) is 23.8 Å². The van der Waals surface area contributed by atoms with E-state index >= 15 is 0 Å². The van der Waals surface area contributed by atoms with E-state index in [0.29, 0.717) is 52.7 Å². The minimum absolute atomic E-state index is 0.0273. The number of ether oxygens (including phenoxy) is 3. The number of likely N-dealkylation sites (tertiary alicyclic amines) is 1. The summed E-state index contributed by atoms with van der Waals surface area (Å²) in [5, 5.41) is 10.2. The standard InChI is InChI=1S/C45H67ClN6O10S2/c1-14-27(31-24-63-40(48-31)47-25(3)4)20-34(30-16-17-33(59-13)35(46)26(30)5)60-29-21-32(52(23-29)38(54)36(42(6,7)8)49-41(56)61-43(9,10)11)37(53)50-45(22-28(45)15-2)39(55)51-64(57,58)62-44(12)18-19-44/h14,16-17,20,25,28-29,31-32,36H,15,18-19,21-24H2,1-13H3,(H,47,48)(H,49,56)(H,50,53)(H,51,55)/b27-14?,34-20+/t28-,29-,31?,32+,36-,45-/m1/s1. The second-order valence-electron chi connectivity index (χ2n) is 19.7. The second kappa shape index (κ2) is 19.5. The molecule has 5 rings (SSSR count). The summed E-state index contributed by atoms with van der Waals surface area (Å²) >= 11 is 8.44. The van der Waals surface area contributed by atoms with Crippen molar-refractivity contribution in [2.75, 3.05) is 19.4 Å². The average molecular weight is 952 g/mol. The van der Waals surface area contributed by atoms with Gasteiger partial charge in [0.1, 0.15) is 40.8 Å². The summed E-state index contributed by atoms with van der Waals surface area (Å²) in [5.41, 5.74) is -2.01. The molecule has 2 aliphatic carbocycles. The molecular weight excluding hydrogens is 884 g/mol. The van der Waals surface area contributed by atoms with E-state index in [9.17, 15) is 27.6 Å². The third-order valence-electron chi connectivity index (χ3n) is 11.7. The van der Waals surface area contributed by atoms with Crippen molar-refractivity contribution in [1.29, 1.82) is 0 Å². The molecule has 1 saturated heterocycles. The van der Waals surface area contributed by atoms with Gasteiger partial charge in [0.15, 0.2) is 5.17 Å².